The first-order chi connectivity index (χ1) is 10.2. The summed E-state index contributed by atoms with van der Waals surface area (Å²) >= 11 is 0. The zero-order chi connectivity index (χ0) is 15.1. The average Bonchev–Trinajstić information content (AvgIpc) is 3.00. The van der Waals surface area contributed by atoms with Crippen LogP contribution in [0.25, 0.3) is 0 Å². The first kappa shape index (κ1) is 15.1. The molecule has 21 heavy (non-hydrogen) atoms. The summed E-state index contributed by atoms with van der Waals surface area (Å²) in [6, 6.07) is 7.20. The van der Waals surface area contributed by atoms with E-state index in [0.29, 0.717) is 24.6 Å². The molecule has 0 fully saturated rings. The van der Waals surface area contributed by atoms with Gasteiger partial charge in [-0.05, 0) is 37.7 Å². The maximum Gasteiger partial charge on any atom is 0.261 e. The van der Waals surface area contributed by atoms with Crippen LogP contribution in [0.1, 0.15) is 18.4 Å². The number of pyridine rings is 1. The van der Waals surface area contributed by atoms with E-state index in [0.717, 1.165) is 12.1 Å². The Kier molecular flexibility index (Phi) is 5.34. The van der Waals surface area contributed by atoms with Gasteiger partial charge in [-0.1, -0.05) is 0 Å². The summed E-state index contributed by atoms with van der Waals surface area (Å²) in [7, 11) is 0. The van der Waals surface area contributed by atoms with Crippen LogP contribution in [0.2, 0.25) is 0 Å². The lowest BCUT2D eigenvalue weighted by molar-refractivity contribution is -0.127. The van der Waals surface area contributed by atoms with E-state index >= 15 is 0 Å². The van der Waals surface area contributed by atoms with Crippen molar-refractivity contribution in [1.29, 1.82) is 0 Å². The number of amides is 1. The molecule has 1 atom stereocenters. The summed E-state index contributed by atoms with van der Waals surface area (Å²) < 4.78 is 10.7. The van der Waals surface area contributed by atoms with Crippen molar-refractivity contribution < 1.29 is 13.9 Å². The fraction of sp³-hybridized carbons (Fsp3) is 0.333. The van der Waals surface area contributed by atoms with E-state index < -0.39 is 6.10 Å². The maximum absolute atomic E-state index is 11.9. The number of aromatic nitrogens is 1. The summed E-state index contributed by atoms with van der Waals surface area (Å²) in [5.74, 6) is 1.04. The van der Waals surface area contributed by atoms with Crippen LogP contribution in [0, 0.1) is 0 Å². The summed E-state index contributed by atoms with van der Waals surface area (Å²) in [5.41, 5.74) is 6.36. The van der Waals surface area contributed by atoms with Gasteiger partial charge in [0.2, 0.25) is 0 Å². The van der Waals surface area contributed by atoms with E-state index in [4.69, 9.17) is 14.9 Å². The number of nitrogens with zero attached hydrogens (tertiary/aromatic N) is 1. The van der Waals surface area contributed by atoms with Crippen molar-refractivity contribution in [3.05, 3.63) is 48.2 Å². The number of rotatable bonds is 7. The van der Waals surface area contributed by atoms with Gasteiger partial charge in [-0.15, -0.1) is 0 Å². The summed E-state index contributed by atoms with van der Waals surface area (Å²) in [4.78, 5) is 16.1. The van der Waals surface area contributed by atoms with Crippen LogP contribution in [0.15, 0.2) is 41.1 Å². The summed E-state index contributed by atoms with van der Waals surface area (Å²) in [5, 5.41) is 2.74. The molecule has 0 saturated heterocycles. The van der Waals surface area contributed by atoms with Crippen LogP contribution < -0.4 is 15.8 Å². The van der Waals surface area contributed by atoms with Crippen LogP contribution in [-0.4, -0.2) is 23.5 Å². The monoisotopic (exact) mass is 289 g/mol. The van der Waals surface area contributed by atoms with Gasteiger partial charge in [-0.2, -0.15) is 0 Å². The number of carbonyl (C=O) groups excluding carboxylic acids is 1. The Morgan fingerprint density at radius 1 is 1.48 bits per heavy atom. The minimum Gasteiger partial charge on any atom is -0.479 e. The molecular formula is C15H19N3O3. The number of nitrogens with two attached hydrogens (primary N) is 1. The van der Waals surface area contributed by atoms with Crippen molar-refractivity contribution in [2.45, 2.75) is 26.0 Å². The lowest BCUT2D eigenvalue weighted by Gasteiger charge is -2.14. The highest BCUT2D eigenvalue weighted by atomic mass is 16.5. The highest BCUT2D eigenvalue weighted by Gasteiger charge is 2.14. The second kappa shape index (κ2) is 7.44. The van der Waals surface area contributed by atoms with Gasteiger partial charge in [-0.25, -0.2) is 0 Å². The third kappa shape index (κ3) is 4.61. The van der Waals surface area contributed by atoms with Crippen molar-refractivity contribution in [2.75, 3.05) is 6.54 Å². The van der Waals surface area contributed by atoms with E-state index in [1.165, 1.54) is 0 Å². The molecule has 0 aliphatic rings. The molecule has 0 aliphatic carbocycles. The van der Waals surface area contributed by atoms with Gasteiger partial charge < -0.3 is 20.2 Å². The van der Waals surface area contributed by atoms with Gasteiger partial charge in [0, 0.05) is 12.1 Å². The van der Waals surface area contributed by atoms with E-state index in [2.05, 4.69) is 10.3 Å². The van der Waals surface area contributed by atoms with Crippen LogP contribution >= 0.6 is 0 Å². The molecule has 2 rings (SSSR count). The molecule has 0 aliphatic heterocycles. The van der Waals surface area contributed by atoms with Crippen LogP contribution in [-0.2, 0) is 17.8 Å². The van der Waals surface area contributed by atoms with E-state index in [1.54, 1.807) is 37.6 Å². The van der Waals surface area contributed by atoms with Crippen LogP contribution in [0.5, 0.6) is 5.75 Å². The molecule has 2 aromatic rings. The molecule has 0 radical (unpaired) electrons. The second-order valence-electron chi connectivity index (χ2n) is 4.58. The number of ether oxygens (including phenoxy) is 1. The number of furan rings is 1. The molecule has 1 unspecified atom stereocenters. The lowest BCUT2D eigenvalue weighted by atomic mass is 10.2. The maximum atomic E-state index is 11.9. The third-order valence-corrected chi connectivity index (χ3v) is 2.90. The molecule has 2 heterocycles. The highest BCUT2D eigenvalue weighted by Crippen LogP contribution is 2.11. The minimum atomic E-state index is -0.609. The average molecular weight is 289 g/mol. The standard InChI is InChI=1S/C15H19N3O3/c1-11(15(19)18-9-13-3-2-8-20-13)21-14-5-4-12(6-7-16)17-10-14/h2-5,8,10-11H,6-7,9,16H2,1H3,(H,18,19). The van der Waals surface area contributed by atoms with Crippen LogP contribution in [0.4, 0.5) is 0 Å². The fourth-order valence-corrected chi connectivity index (χ4v) is 1.77. The first-order valence-corrected chi connectivity index (χ1v) is 6.81. The lowest BCUT2D eigenvalue weighted by Crippen LogP contribution is -2.35. The fourth-order valence-electron chi connectivity index (χ4n) is 1.77. The summed E-state index contributed by atoms with van der Waals surface area (Å²) in [6.07, 6.45) is 3.28. The number of hydrogen-bond acceptors (Lipinski definition) is 5. The van der Waals surface area contributed by atoms with Gasteiger partial charge in [0.25, 0.3) is 5.91 Å². The predicted octanol–water partition coefficient (Wildman–Crippen LogP) is 1.26. The van der Waals surface area contributed by atoms with Crippen molar-refractivity contribution in [3.63, 3.8) is 0 Å². The Bertz CT molecular complexity index is 552. The number of nitrogens with one attached hydrogen (secondary N) is 1. The SMILES string of the molecule is CC(Oc1ccc(CCN)nc1)C(=O)NCc1ccco1. The second-order valence-corrected chi connectivity index (χ2v) is 4.58. The molecule has 0 bridgehead atoms. The van der Waals surface area contributed by atoms with Gasteiger partial charge >= 0.3 is 0 Å². The third-order valence-electron chi connectivity index (χ3n) is 2.90. The molecular weight excluding hydrogens is 270 g/mol. The Hall–Kier alpha value is -2.34. The Morgan fingerprint density at radius 2 is 2.33 bits per heavy atom. The largest absolute Gasteiger partial charge is 0.479 e. The predicted molar refractivity (Wildman–Crippen MR) is 77.6 cm³/mol. The first-order valence-electron chi connectivity index (χ1n) is 6.81. The number of carbonyl (C=O) groups is 1. The highest BCUT2D eigenvalue weighted by molar-refractivity contribution is 5.80. The Labute approximate surface area is 123 Å². The molecule has 1 amide bonds. The van der Waals surface area contributed by atoms with Gasteiger partial charge in [-0.3, -0.25) is 9.78 Å². The van der Waals surface area contributed by atoms with E-state index in [9.17, 15) is 4.79 Å². The Morgan fingerprint density at radius 3 is 2.95 bits per heavy atom. The van der Waals surface area contributed by atoms with Crippen LogP contribution in [0.3, 0.4) is 0 Å². The molecule has 112 valence electrons. The van der Waals surface area contributed by atoms with Crippen molar-refractivity contribution in [3.8, 4) is 5.75 Å². The van der Waals surface area contributed by atoms with Crippen molar-refractivity contribution in [1.82, 2.24) is 10.3 Å². The van der Waals surface area contributed by atoms with Gasteiger partial charge in [0.15, 0.2) is 6.10 Å². The smallest absolute Gasteiger partial charge is 0.261 e. The van der Waals surface area contributed by atoms with E-state index in [-0.39, 0.29) is 5.91 Å². The normalized spacial score (nSPS) is 11.9. The van der Waals surface area contributed by atoms with Gasteiger partial charge in [0.05, 0.1) is 19.0 Å². The molecule has 0 saturated carbocycles. The topological polar surface area (TPSA) is 90.4 Å². The van der Waals surface area contributed by atoms with Crippen molar-refractivity contribution in [2.24, 2.45) is 5.73 Å². The van der Waals surface area contributed by atoms with E-state index in [1.807, 2.05) is 6.07 Å². The summed E-state index contributed by atoms with van der Waals surface area (Å²) in [6.45, 7) is 2.58. The molecule has 6 heteroatoms. The zero-order valence-corrected chi connectivity index (χ0v) is 11.9. The molecule has 0 spiro atoms. The van der Waals surface area contributed by atoms with Gasteiger partial charge in [0.1, 0.15) is 11.5 Å². The molecule has 0 aromatic carbocycles. The zero-order valence-electron chi connectivity index (χ0n) is 11.9. The molecule has 3 N–H and O–H groups in total. The van der Waals surface area contributed by atoms with Crippen molar-refractivity contribution >= 4 is 5.91 Å². The quantitative estimate of drug-likeness (QED) is 0.801. The minimum absolute atomic E-state index is 0.211. The molecule has 6 nitrogen and oxygen atoms in total. The number of hydrogen-bond donors (Lipinski definition) is 2. The Balaban J connectivity index is 1.82. The molecule has 2 aromatic heterocycles.